The van der Waals surface area contributed by atoms with Crippen molar-refractivity contribution in [3.8, 4) is 5.75 Å². The Morgan fingerprint density at radius 2 is 1.87 bits per heavy atom. The van der Waals surface area contributed by atoms with Crippen LogP contribution in [0.3, 0.4) is 0 Å². The summed E-state index contributed by atoms with van der Waals surface area (Å²) in [4.78, 5) is 24.9. The van der Waals surface area contributed by atoms with Crippen LogP contribution in [0, 0.1) is 12.7 Å². The van der Waals surface area contributed by atoms with Crippen LogP contribution in [0.2, 0.25) is 0 Å². The zero-order chi connectivity index (χ0) is 21.5. The Hall–Kier alpha value is -3.65. The van der Waals surface area contributed by atoms with E-state index in [9.17, 15) is 14.0 Å². The monoisotopic (exact) mass is 412 g/mol. The molecule has 3 aromatic rings. The summed E-state index contributed by atoms with van der Waals surface area (Å²) in [6, 6.07) is 12.1. The molecular weight excluding hydrogens is 391 g/mol. The van der Waals surface area contributed by atoms with Crippen LogP contribution in [0.25, 0.3) is 0 Å². The van der Waals surface area contributed by atoms with Crippen molar-refractivity contribution in [1.29, 1.82) is 0 Å². The first-order chi connectivity index (χ1) is 14.5. The molecule has 0 unspecified atom stereocenters. The van der Waals surface area contributed by atoms with Crippen LogP contribution >= 0.6 is 0 Å². The third-order valence-corrected chi connectivity index (χ3v) is 4.23. The smallest absolute Gasteiger partial charge is 0.259 e. The Morgan fingerprint density at radius 3 is 2.60 bits per heavy atom. The Labute approximate surface area is 172 Å². The van der Waals surface area contributed by atoms with Gasteiger partial charge in [-0.05, 0) is 49.4 Å². The maximum Gasteiger partial charge on any atom is 0.259 e. The second-order valence-corrected chi connectivity index (χ2v) is 6.36. The number of halogens is 1. The van der Waals surface area contributed by atoms with Crippen LogP contribution < -0.4 is 15.4 Å². The molecular formula is C22H21FN2O5. The Balaban J connectivity index is 1.70. The Bertz CT molecular complexity index is 1050. The minimum Gasteiger partial charge on any atom is -0.491 e. The van der Waals surface area contributed by atoms with E-state index in [2.05, 4.69) is 10.6 Å². The van der Waals surface area contributed by atoms with Gasteiger partial charge in [0.15, 0.2) is 0 Å². The standard InChI is InChI=1S/C22H21FN2O5/c1-14-18(8-9-29-14)22(27)25-20-13-16(6-7-19(20)23)24-21(26)15-4-3-5-17(12-15)30-11-10-28-2/h3-9,12-13H,10-11H2,1-2H3,(H,24,26)(H,25,27). The summed E-state index contributed by atoms with van der Waals surface area (Å²) in [5.74, 6) is -0.588. The second kappa shape index (κ2) is 9.71. The molecule has 1 aromatic heterocycles. The van der Waals surface area contributed by atoms with E-state index < -0.39 is 17.6 Å². The predicted molar refractivity (Wildman–Crippen MR) is 110 cm³/mol. The third-order valence-electron chi connectivity index (χ3n) is 4.23. The van der Waals surface area contributed by atoms with E-state index in [1.54, 1.807) is 38.3 Å². The van der Waals surface area contributed by atoms with Crippen LogP contribution in [-0.4, -0.2) is 32.1 Å². The van der Waals surface area contributed by atoms with Crippen LogP contribution in [0.1, 0.15) is 26.5 Å². The van der Waals surface area contributed by atoms with Gasteiger partial charge in [-0.15, -0.1) is 0 Å². The molecule has 0 saturated heterocycles. The summed E-state index contributed by atoms with van der Waals surface area (Å²) in [7, 11) is 1.57. The van der Waals surface area contributed by atoms with Gasteiger partial charge in [0.25, 0.3) is 11.8 Å². The maximum absolute atomic E-state index is 14.2. The summed E-state index contributed by atoms with van der Waals surface area (Å²) in [6.07, 6.45) is 1.38. The highest BCUT2D eigenvalue weighted by Crippen LogP contribution is 2.22. The highest BCUT2D eigenvalue weighted by atomic mass is 19.1. The van der Waals surface area contributed by atoms with E-state index in [4.69, 9.17) is 13.9 Å². The molecule has 0 fully saturated rings. The number of hydrogen-bond acceptors (Lipinski definition) is 5. The lowest BCUT2D eigenvalue weighted by Gasteiger charge is -2.11. The van der Waals surface area contributed by atoms with Gasteiger partial charge in [0.2, 0.25) is 0 Å². The maximum atomic E-state index is 14.2. The third kappa shape index (κ3) is 5.24. The molecule has 8 heteroatoms. The highest BCUT2D eigenvalue weighted by Gasteiger charge is 2.15. The van der Waals surface area contributed by atoms with Crippen molar-refractivity contribution in [3.05, 3.63) is 77.5 Å². The molecule has 1 heterocycles. The highest BCUT2D eigenvalue weighted by molar-refractivity contribution is 6.06. The van der Waals surface area contributed by atoms with E-state index in [-0.39, 0.29) is 5.69 Å². The summed E-state index contributed by atoms with van der Waals surface area (Å²) in [6.45, 7) is 2.42. The van der Waals surface area contributed by atoms with Crippen molar-refractivity contribution < 1.29 is 27.9 Å². The molecule has 156 valence electrons. The fourth-order valence-electron chi connectivity index (χ4n) is 2.68. The van der Waals surface area contributed by atoms with Gasteiger partial charge in [0.1, 0.15) is 23.9 Å². The summed E-state index contributed by atoms with van der Waals surface area (Å²) < 4.78 is 29.7. The van der Waals surface area contributed by atoms with E-state index in [0.717, 1.165) is 6.07 Å². The quantitative estimate of drug-likeness (QED) is 0.540. The van der Waals surface area contributed by atoms with Crippen molar-refractivity contribution in [1.82, 2.24) is 0 Å². The molecule has 0 bridgehead atoms. The lowest BCUT2D eigenvalue weighted by Crippen LogP contribution is -2.15. The number of ether oxygens (including phenoxy) is 2. The van der Waals surface area contributed by atoms with Gasteiger partial charge in [-0.2, -0.15) is 0 Å². The SMILES string of the molecule is COCCOc1cccc(C(=O)Nc2ccc(F)c(NC(=O)c3ccoc3C)c2)c1. The molecule has 7 nitrogen and oxygen atoms in total. The molecule has 0 radical (unpaired) electrons. The number of carbonyl (C=O) groups is 2. The fraction of sp³-hybridized carbons (Fsp3) is 0.182. The Morgan fingerprint density at radius 1 is 1.03 bits per heavy atom. The van der Waals surface area contributed by atoms with Crippen LogP contribution in [0.5, 0.6) is 5.75 Å². The predicted octanol–water partition coefficient (Wildman–Crippen LogP) is 4.26. The minimum absolute atomic E-state index is 0.0601. The number of nitrogens with one attached hydrogen (secondary N) is 2. The molecule has 0 spiro atoms. The number of aryl methyl sites for hydroxylation is 1. The molecule has 0 aliphatic carbocycles. The average Bonchev–Trinajstić information content (AvgIpc) is 3.17. The van der Waals surface area contributed by atoms with Crippen molar-refractivity contribution >= 4 is 23.2 Å². The first kappa shape index (κ1) is 21.1. The number of rotatable bonds is 8. The molecule has 0 aliphatic heterocycles. The summed E-state index contributed by atoms with van der Waals surface area (Å²) in [5, 5.41) is 5.17. The van der Waals surface area contributed by atoms with Crippen LogP contribution in [0.15, 0.2) is 59.2 Å². The molecule has 2 amide bonds. The number of furan rings is 1. The summed E-state index contributed by atoms with van der Waals surface area (Å²) >= 11 is 0. The summed E-state index contributed by atoms with van der Waals surface area (Å²) in [5.41, 5.74) is 0.935. The van der Waals surface area contributed by atoms with Crippen LogP contribution in [0.4, 0.5) is 15.8 Å². The molecule has 0 atom stereocenters. The van der Waals surface area contributed by atoms with Gasteiger partial charge in [-0.25, -0.2) is 4.39 Å². The zero-order valence-corrected chi connectivity index (χ0v) is 16.5. The number of anilines is 2. The van der Waals surface area contributed by atoms with Crippen LogP contribution in [-0.2, 0) is 4.74 Å². The fourth-order valence-corrected chi connectivity index (χ4v) is 2.68. The number of amides is 2. The molecule has 3 rings (SSSR count). The van der Waals surface area contributed by atoms with Crippen molar-refractivity contribution in [2.24, 2.45) is 0 Å². The lowest BCUT2D eigenvalue weighted by atomic mass is 10.2. The van der Waals surface area contributed by atoms with E-state index in [0.29, 0.717) is 41.5 Å². The molecule has 2 aromatic carbocycles. The minimum atomic E-state index is -0.629. The van der Waals surface area contributed by atoms with Gasteiger partial charge in [0, 0.05) is 18.4 Å². The van der Waals surface area contributed by atoms with Gasteiger partial charge in [-0.1, -0.05) is 6.07 Å². The molecule has 0 saturated carbocycles. The lowest BCUT2D eigenvalue weighted by molar-refractivity contribution is 0.101. The van der Waals surface area contributed by atoms with Gasteiger partial charge in [0.05, 0.1) is 24.1 Å². The van der Waals surface area contributed by atoms with Gasteiger partial charge < -0.3 is 24.5 Å². The van der Waals surface area contributed by atoms with Gasteiger partial charge >= 0.3 is 0 Å². The number of methoxy groups -OCH3 is 1. The molecule has 30 heavy (non-hydrogen) atoms. The second-order valence-electron chi connectivity index (χ2n) is 6.36. The number of carbonyl (C=O) groups excluding carboxylic acids is 2. The largest absolute Gasteiger partial charge is 0.491 e. The average molecular weight is 412 g/mol. The van der Waals surface area contributed by atoms with E-state index >= 15 is 0 Å². The molecule has 2 N–H and O–H groups in total. The van der Waals surface area contributed by atoms with E-state index in [1.807, 2.05) is 0 Å². The van der Waals surface area contributed by atoms with Gasteiger partial charge in [-0.3, -0.25) is 9.59 Å². The normalized spacial score (nSPS) is 10.5. The van der Waals surface area contributed by atoms with E-state index in [1.165, 1.54) is 24.5 Å². The Kier molecular flexibility index (Phi) is 6.82. The van der Waals surface area contributed by atoms with Crippen molar-refractivity contribution in [3.63, 3.8) is 0 Å². The topological polar surface area (TPSA) is 89.8 Å². The number of benzene rings is 2. The van der Waals surface area contributed by atoms with Crippen molar-refractivity contribution in [2.45, 2.75) is 6.92 Å². The first-order valence-electron chi connectivity index (χ1n) is 9.16. The zero-order valence-electron chi connectivity index (χ0n) is 16.5. The number of hydrogen-bond donors (Lipinski definition) is 2. The molecule has 0 aliphatic rings. The first-order valence-corrected chi connectivity index (χ1v) is 9.16. The van der Waals surface area contributed by atoms with Crippen molar-refractivity contribution in [2.75, 3.05) is 31.0 Å².